The minimum absolute atomic E-state index is 0. The third-order valence-electron chi connectivity index (χ3n) is 3.91. The predicted octanol–water partition coefficient (Wildman–Crippen LogP) is 4.38. The Labute approximate surface area is 192 Å². The molecule has 8 heteroatoms. The van der Waals surface area contributed by atoms with Crippen LogP contribution in [0, 0.1) is 5.82 Å². The van der Waals surface area contributed by atoms with E-state index in [1.165, 1.54) is 12.1 Å². The maximum atomic E-state index is 13.2. The Hall–Kier alpha value is -2.88. The van der Waals surface area contributed by atoms with E-state index >= 15 is 0 Å². The summed E-state index contributed by atoms with van der Waals surface area (Å²) in [5.74, 6) is 1.97. The number of hydrogen-bond donors (Lipinski definition) is 2. The van der Waals surface area contributed by atoms with Crippen LogP contribution in [0.2, 0.25) is 0 Å². The molecule has 0 atom stereocenters. The maximum Gasteiger partial charge on any atom is 0.219 e. The Morgan fingerprint density at radius 1 is 1.00 bits per heavy atom. The van der Waals surface area contributed by atoms with Crippen LogP contribution < -0.4 is 20.1 Å². The Balaban J connectivity index is 0.00000320. The average molecular weight is 522 g/mol. The van der Waals surface area contributed by atoms with Crippen molar-refractivity contribution in [2.75, 3.05) is 20.2 Å². The summed E-state index contributed by atoms with van der Waals surface area (Å²) in [5.41, 5.74) is 0.958. The van der Waals surface area contributed by atoms with Crippen molar-refractivity contribution < 1.29 is 13.9 Å². The number of halogens is 2. The largest absolute Gasteiger partial charge is 0.492 e. The number of aliphatic imine (C=N–C) groups is 1. The van der Waals surface area contributed by atoms with E-state index in [1.54, 1.807) is 31.4 Å². The standard InChI is InChI=1S/C22H23FN4O2.HI/c1-24-22(25-12-13-28-19-7-3-2-4-8-19)27-16-17-10-11-21(26-15-17)29-20-9-5-6-18(23)14-20;/h2-11,14-15H,12-13,16H2,1H3,(H2,24,25,27);1H. The van der Waals surface area contributed by atoms with Crippen molar-refractivity contribution in [2.45, 2.75) is 6.54 Å². The molecular weight excluding hydrogens is 498 g/mol. The van der Waals surface area contributed by atoms with Crippen molar-refractivity contribution in [3.8, 4) is 17.4 Å². The molecule has 2 aromatic carbocycles. The zero-order chi connectivity index (χ0) is 20.3. The molecule has 1 heterocycles. The molecule has 6 nitrogen and oxygen atoms in total. The molecule has 0 amide bonds. The van der Waals surface area contributed by atoms with Gasteiger partial charge in [0, 0.05) is 31.9 Å². The molecule has 2 N–H and O–H groups in total. The molecule has 0 aliphatic carbocycles. The first-order valence-corrected chi connectivity index (χ1v) is 9.23. The zero-order valence-corrected chi connectivity index (χ0v) is 18.9. The van der Waals surface area contributed by atoms with E-state index in [0.717, 1.165) is 11.3 Å². The van der Waals surface area contributed by atoms with Crippen LogP contribution in [0.3, 0.4) is 0 Å². The Kier molecular flexibility index (Phi) is 9.85. The Bertz CT molecular complexity index is 924. The molecule has 3 rings (SSSR count). The number of benzene rings is 2. The molecular formula is C22H24FIN4O2. The molecule has 0 unspecified atom stereocenters. The van der Waals surface area contributed by atoms with E-state index in [4.69, 9.17) is 9.47 Å². The van der Waals surface area contributed by atoms with Gasteiger partial charge in [0.05, 0.1) is 6.54 Å². The molecule has 0 aliphatic heterocycles. The Morgan fingerprint density at radius 3 is 2.50 bits per heavy atom. The quantitative estimate of drug-likeness (QED) is 0.199. The third kappa shape index (κ3) is 7.86. The number of nitrogens with zero attached hydrogens (tertiary/aromatic N) is 2. The fourth-order valence-corrected chi connectivity index (χ4v) is 2.49. The van der Waals surface area contributed by atoms with Crippen molar-refractivity contribution in [3.05, 3.63) is 84.3 Å². The molecule has 0 saturated heterocycles. The van der Waals surface area contributed by atoms with Gasteiger partial charge < -0.3 is 20.1 Å². The van der Waals surface area contributed by atoms with Gasteiger partial charge in [0.15, 0.2) is 5.96 Å². The minimum atomic E-state index is -0.351. The highest BCUT2D eigenvalue weighted by Gasteiger charge is 2.02. The van der Waals surface area contributed by atoms with Gasteiger partial charge in [-0.2, -0.15) is 0 Å². The second-order valence-corrected chi connectivity index (χ2v) is 6.08. The molecule has 0 spiro atoms. The number of nitrogens with one attached hydrogen (secondary N) is 2. The van der Waals surface area contributed by atoms with Crippen LogP contribution >= 0.6 is 24.0 Å². The fraction of sp³-hybridized carbons (Fsp3) is 0.182. The lowest BCUT2D eigenvalue weighted by Crippen LogP contribution is -2.38. The minimum Gasteiger partial charge on any atom is -0.492 e. The normalized spacial score (nSPS) is 10.7. The van der Waals surface area contributed by atoms with Gasteiger partial charge in [-0.3, -0.25) is 4.99 Å². The van der Waals surface area contributed by atoms with Gasteiger partial charge in [-0.05, 0) is 29.8 Å². The van der Waals surface area contributed by atoms with Crippen molar-refractivity contribution in [1.82, 2.24) is 15.6 Å². The van der Waals surface area contributed by atoms with E-state index < -0.39 is 0 Å². The first-order valence-electron chi connectivity index (χ1n) is 9.23. The summed E-state index contributed by atoms with van der Waals surface area (Å²) in [6, 6.07) is 19.2. The summed E-state index contributed by atoms with van der Waals surface area (Å²) in [7, 11) is 1.71. The molecule has 3 aromatic rings. The van der Waals surface area contributed by atoms with Gasteiger partial charge in [0.1, 0.15) is 23.9 Å². The first kappa shape index (κ1) is 23.4. The van der Waals surface area contributed by atoms with Crippen LogP contribution in [-0.2, 0) is 6.54 Å². The van der Waals surface area contributed by atoms with Gasteiger partial charge in [-0.15, -0.1) is 24.0 Å². The highest BCUT2D eigenvalue weighted by atomic mass is 127. The zero-order valence-electron chi connectivity index (χ0n) is 16.5. The molecule has 0 radical (unpaired) electrons. The highest BCUT2D eigenvalue weighted by molar-refractivity contribution is 14.0. The van der Waals surface area contributed by atoms with Crippen LogP contribution in [0.4, 0.5) is 4.39 Å². The third-order valence-corrected chi connectivity index (χ3v) is 3.91. The smallest absolute Gasteiger partial charge is 0.219 e. The number of guanidine groups is 1. The lowest BCUT2D eigenvalue weighted by molar-refractivity contribution is 0.322. The van der Waals surface area contributed by atoms with Crippen molar-refractivity contribution >= 4 is 29.9 Å². The summed E-state index contributed by atoms with van der Waals surface area (Å²) in [4.78, 5) is 8.44. The number of rotatable bonds is 8. The van der Waals surface area contributed by atoms with Crippen molar-refractivity contribution in [2.24, 2.45) is 4.99 Å². The first-order chi connectivity index (χ1) is 14.2. The Morgan fingerprint density at radius 2 is 1.80 bits per heavy atom. The van der Waals surface area contributed by atoms with Gasteiger partial charge in [-0.1, -0.05) is 30.3 Å². The number of hydrogen-bond acceptors (Lipinski definition) is 4. The lowest BCUT2D eigenvalue weighted by Gasteiger charge is -2.12. The SMILES string of the molecule is CN=C(NCCOc1ccccc1)NCc1ccc(Oc2cccc(F)c2)nc1.I. The molecule has 0 saturated carbocycles. The second kappa shape index (κ2) is 12.6. The van der Waals surface area contributed by atoms with E-state index in [-0.39, 0.29) is 29.8 Å². The van der Waals surface area contributed by atoms with E-state index in [0.29, 0.717) is 37.3 Å². The fourth-order valence-electron chi connectivity index (χ4n) is 2.49. The molecule has 0 aliphatic rings. The summed E-state index contributed by atoms with van der Waals surface area (Å²) >= 11 is 0. The van der Waals surface area contributed by atoms with Gasteiger partial charge in [0.2, 0.25) is 5.88 Å². The average Bonchev–Trinajstić information content (AvgIpc) is 2.75. The number of aromatic nitrogens is 1. The maximum absolute atomic E-state index is 13.2. The van der Waals surface area contributed by atoms with Gasteiger partial charge in [0.25, 0.3) is 0 Å². The van der Waals surface area contributed by atoms with Crippen LogP contribution in [0.25, 0.3) is 0 Å². The summed E-state index contributed by atoms with van der Waals surface area (Å²) in [5, 5.41) is 6.41. The lowest BCUT2D eigenvalue weighted by atomic mass is 10.3. The molecule has 1 aromatic heterocycles. The van der Waals surface area contributed by atoms with Crippen molar-refractivity contribution in [1.29, 1.82) is 0 Å². The summed E-state index contributed by atoms with van der Waals surface area (Å²) < 4.78 is 24.4. The monoisotopic (exact) mass is 522 g/mol. The number of ether oxygens (including phenoxy) is 2. The van der Waals surface area contributed by atoms with Crippen LogP contribution in [0.5, 0.6) is 17.4 Å². The predicted molar refractivity (Wildman–Crippen MR) is 126 cm³/mol. The van der Waals surface area contributed by atoms with Crippen molar-refractivity contribution in [3.63, 3.8) is 0 Å². The highest BCUT2D eigenvalue weighted by Crippen LogP contribution is 2.19. The molecule has 0 fully saturated rings. The van der Waals surface area contributed by atoms with Gasteiger partial charge >= 0.3 is 0 Å². The number of pyridine rings is 1. The van der Waals surface area contributed by atoms with Crippen LogP contribution in [0.15, 0.2) is 77.9 Å². The number of para-hydroxylation sites is 1. The van der Waals surface area contributed by atoms with Crippen LogP contribution in [0.1, 0.15) is 5.56 Å². The topological polar surface area (TPSA) is 67.8 Å². The summed E-state index contributed by atoms with van der Waals surface area (Å²) in [6.07, 6.45) is 1.70. The van der Waals surface area contributed by atoms with E-state index in [1.807, 2.05) is 36.4 Å². The van der Waals surface area contributed by atoms with Crippen LogP contribution in [-0.4, -0.2) is 31.1 Å². The van der Waals surface area contributed by atoms with E-state index in [2.05, 4.69) is 20.6 Å². The van der Waals surface area contributed by atoms with Gasteiger partial charge in [-0.25, -0.2) is 9.37 Å². The second-order valence-electron chi connectivity index (χ2n) is 6.08. The summed E-state index contributed by atoms with van der Waals surface area (Å²) in [6.45, 7) is 1.69. The molecule has 158 valence electrons. The molecule has 30 heavy (non-hydrogen) atoms. The molecule has 0 bridgehead atoms. The van der Waals surface area contributed by atoms with E-state index in [9.17, 15) is 4.39 Å².